The summed E-state index contributed by atoms with van der Waals surface area (Å²) in [6, 6.07) is -0.172. The lowest BCUT2D eigenvalue weighted by Gasteiger charge is -2.33. The molecule has 0 aromatic carbocycles. The van der Waals surface area contributed by atoms with Crippen molar-refractivity contribution in [1.29, 1.82) is 0 Å². The van der Waals surface area contributed by atoms with Crippen molar-refractivity contribution in [3.05, 3.63) is 0 Å². The number of thioether (sulfide) groups is 1. The maximum atomic E-state index is 12.1. The molecule has 3 N–H and O–H groups in total. The number of amides is 2. The van der Waals surface area contributed by atoms with Crippen molar-refractivity contribution in [3.8, 4) is 0 Å². The van der Waals surface area contributed by atoms with Crippen LogP contribution in [0.15, 0.2) is 0 Å². The Kier molecular flexibility index (Phi) is 7.99. The van der Waals surface area contributed by atoms with Gasteiger partial charge in [-0.2, -0.15) is 11.8 Å². The Bertz CT molecular complexity index is 318. The molecule has 1 fully saturated rings. The van der Waals surface area contributed by atoms with Crippen LogP contribution in [0.4, 0.5) is 0 Å². The van der Waals surface area contributed by atoms with Crippen LogP contribution in [0, 0.1) is 0 Å². The van der Waals surface area contributed by atoms with E-state index in [4.69, 9.17) is 5.73 Å². The van der Waals surface area contributed by atoms with Crippen molar-refractivity contribution in [1.82, 2.24) is 10.2 Å². The molecule has 1 aliphatic heterocycles. The number of hydrogen-bond donors (Lipinski definition) is 2. The van der Waals surface area contributed by atoms with Gasteiger partial charge in [0.05, 0.1) is 6.04 Å². The van der Waals surface area contributed by atoms with Gasteiger partial charge in [-0.3, -0.25) is 9.59 Å². The molecule has 1 atom stereocenters. The van der Waals surface area contributed by atoms with E-state index in [0.29, 0.717) is 19.5 Å². The van der Waals surface area contributed by atoms with Gasteiger partial charge < -0.3 is 16.0 Å². The van der Waals surface area contributed by atoms with Crippen LogP contribution in [0.2, 0.25) is 0 Å². The first kappa shape index (κ1) is 17.3. The van der Waals surface area contributed by atoms with Crippen LogP contribution in [0.5, 0.6) is 0 Å². The molecule has 0 radical (unpaired) electrons. The number of piperidine rings is 1. The van der Waals surface area contributed by atoms with Gasteiger partial charge in [0.15, 0.2) is 0 Å². The topological polar surface area (TPSA) is 75.4 Å². The molecule has 1 saturated heterocycles. The Balaban J connectivity index is 2.30. The van der Waals surface area contributed by atoms with Crippen LogP contribution < -0.4 is 11.1 Å². The molecule has 0 saturated carbocycles. The predicted molar refractivity (Wildman–Crippen MR) is 83.6 cm³/mol. The molecule has 0 aliphatic carbocycles. The minimum Gasteiger partial charge on any atom is -0.353 e. The number of likely N-dealkylation sites (tertiary alicyclic amines) is 1. The molecule has 116 valence electrons. The van der Waals surface area contributed by atoms with Crippen LogP contribution >= 0.6 is 11.8 Å². The summed E-state index contributed by atoms with van der Waals surface area (Å²) in [4.78, 5) is 25.5. The van der Waals surface area contributed by atoms with E-state index in [2.05, 4.69) is 5.32 Å². The van der Waals surface area contributed by atoms with Crippen molar-refractivity contribution in [2.75, 3.05) is 25.1 Å². The Morgan fingerprint density at radius 2 is 2.05 bits per heavy atom. The lowest BCUT2D eigenvalue weighted by atomic mass is 10.0. The quantitative estimate of drug-likeness (QED) is 0.735. The van der Waals surface area contributed by atoms with Gasteiger partial charge in [0.25, 0.3) is 0 Å². The maximum absolute atomic E-state index is 12.1. The fourth-order valence-electron chi connectivity index (χ4n) is 2.37. The van der Waals surface area contributed by atoms with Crippen LogP contribution in [0.1, 0.15) is 39.0 Å². The van der Waals surface area contributed by atoms with E-state index < -0.39 is 0 Å². The molecule has 6 heteroatoms. The predicted octanol–water partition coefficient (Wildman–Crippen LogP) is 0.974. The standard InChI is InChI=1S/C14H27N3O2S/c1-3-4-13(18)16-11-5-8-17(9-6-11)14(19)12(15)7-10-20-2/h11-12H,3-10,15H2,1-2H3,(H,16,18)/t12-/m1/s1. The molecular weight excluding hydrogens is 274 g/mol. The minimum atomic E-state index is -0.381. The van der Waals surface area contributed by atoms with E-state index in [-0.39, 0.29) is 23.9 Å². The SMILES string of the molecule is CCCC(=O)NC1CCN(C(=O)[C@H](N)CCSC)CC1. The first-order valence-corrected chi connectivity index (χ1v) is 8.80. The van der Waals surface area contributed by atoms with Crippen molar-refractivity contribution in [2.45, 2.75) is 51.1 Å². The number of hydrogen-bond acceptors (Lipinski definition) is 4. The largest absolute Gasteiger partial charge is 0.353 e. The number of carbonyl (C=O) groups is 2. The number of nitrogens with one attached hydrogen (secondary N) is 1. The van der Waals surface area contributed by atoms with Gasteiger partial charge in [-0.05, 0) is 37.7 Å². The van der Waals surface area contributed by atoms with Crippen LogP contribution in [-0.2, 0) is 9.59 Å². The molecule has 0 unspecified atom stereocenters. The lowest BCUT2D eigenvalue weighted by molar-refractivity contribution is -0.133. The van der Waals surface area contributed by atoms with Crippen LogP contribution in [0.25, 0.3) is 0 Å². The molecule has 0 aromatic rings. The Morgan fingerprint density at radius 1 is 1.40 bits per heavy atom. The molecule has 0 bridgehead atoms. The normalized spacial score (nSPS) is 17.9. The lowest BCUT2D eigenvalue weighted by Crippen LogP contribution is -2.51. The van der Waals surface area contributed by atoms with E-state index >= 15 is 0 Å². The van der Waals surface area contributed by atoms with Gasteiger partial charge in [-0.1, -0.05) is 6.92 Å². The zero-order chi connectivity index (χ0) is 15.0. The van der Waals surface area contributed by atoms with Crippen molar-refractivity contribution >= 4 is 23.6 Å². The van der Waals surface area contributed by atoms with E-state index in [0.717, 1.165) is 31.4 Å². The molecule has 0 spiro atoms. The number of rotatable bonds is 7. The second-order valence-electron chi connectivity index (χ2n) is 5.31. The molecule has 1 rings (SSSR count). The van der Waals surface area contributed by atoms with Gasteiger partial charge in [0, 0.05) is 25.6 Å². The number of nitrogens with zero attached hydrogens (tertiary/aromatic N) is 1. The highest BCUT2D eigenvalue weighted by Gasteiger charge is 2.26. The average Bonchev–Trinajstić information content (AvgIpc) is 2.45. The fraction of sp³-hybridized carbons (Fsp3) is 0.857. The average molecular weight is 301 g/mol. The molecule has 2 amide bonds. The summed E-state index contributed by atoms with van der Waals surface area (Å²) in [7, 11) is 0. The third-order valence-electron chi connectivity index (χ3n) is 3.60. The van der Waals surface area contributed by atoms with E-state index in [1.807, 2.05) is 18.1 Å². The van der Waals surface area contributed by atoms with Crippen LogP contribution in [0.3, 0.4) is 0 Å². The third kappa shape index (κ3) is 5.71. The third-order valence-corrected chi connectivity index (χ3v) is 4.24. The van der Waals surface area contributed by atoms with E-state index in [1.165, 1.54) is 0 Å². The second-order valence-corrected chi connectivity index (χ2v) is 6.29. The smallest absolute Gasteiger partial charge is 0.239 e. The van der Waals surface area contributed by atoms with Gasteiger partial charge >= 0.3 is 0 Å². The minimum absolute atomic E-state index is 0.0531. The van der Waals surface area contributed by atoms with E-state index in [9.17, 15) is 9.59 Å². The van der Waals surface area contributed by atoms with Gasteiger partial charge in [0.2, 0.25) is 11.8 Å². The Labute approximate surface area is 126 Å². The zero-order valence-electron chi connectivity index (χ0n) is 12.6. The summed E-state index contributed by atoms with van der Waals surface area (Å²) in [5.41, 5.74) is 5.91. The number of carbonyl (C=O) groups excluding carboxylic acids is 2. The van der Waals surface area contributed by atoms with Crippen molar-refractivity contribution < 1.29 is 9.59 Å². The zero-order valence-corrected chi connectivity index (χ0v) is 13.4. The van der Waals surface area contributed by atoms with Gasteiger partial charge in [-0.15, -0.1) is 0 Å². The maximum Gasteiger partial charge on any atom is 0.239 e. The summed E-state index contributed by atoms with van der Waals surface area (Å²) < 4.78 is 0. The Hall–Kier alpha value is -0.750. The summed E-state index contributed by atoms with van der Waals surface area (Å²) >= 11 is 1.71. The Morgan fingerprint density at radius 3 is 2.60 bits per heavy atom. The summed E-state index contributed by atoms with van der Waals surface area (Å²) in [6.07, 6.45) is 5.86. The van der Waals surface area contributed by atoms with Crippen LogP contribution in [-0.4, -0.2) is 53.9 Å². The molecule has 0 aromatic heterocycles. The summed E-state index contributed by atoms with van der Waals surface area (Å²) in [5.74, 6) is 1.09. The fourth-order valence-corrected chi connectivity index (χ4v) is 2.86. The highest BCUT2D eigenvalue weighted by Crippen LogP contribution is 2.13. The molecule has 20 heavy (non-hydrogen) atoms. The van der Waals surface area contributed by atoms with Crippen molar-refractivity contribution in [3.63, 3.8) is 0 Å². The van der Waals surface area contributed by atoms with E-state index in [1.54, 1.807) is 11.8 Å². The monoisotopic (exact) mass is 301 g/mol. The first-order chi connectivity index (χ1) is 9.58. The first-order valence-electron chi connectivity index (χ1n) is 7.41. The molecule has 1 heterocycles. The van der Waals surface area contributed by atoms with Crippen molar-refractivity contribution in [2.24, 2.45) is 5.73 Å². The second kappa shape index (κ2) is 9.23. The highest BCUT2D eigenvalue weighted by molar-refractivity contribution is 7.98. The molecular formula is C14H27N3O2S. The molecule has 5 nitrogen and oxygen atoms in total. The summed E-state index contributed by atoms with van der Waals surface area (Å²) in [6.45, 7) is 3.39. The summed E-state index contributed by atoms with van der Waals surface area (Å²) in [5, 5.41) is 3.03. The molecule has 1 aliphatic rings. The van der Waals surface area contributed by atoms with Gasteiger partial charge in [-0.25, -0.2) is 0 Å². The highest BCUT2D eigenvalue weighted by atomic mass is 32.2. The van der Waals surface area contributed by atoms with Gasteiger partial charge in [0.1, 0.15) is 0 Å². The number of nitrogens with two attached hydrogens (primary N) is 1.